The van der Waals surface area contributed by atoms with E-state index in [1.807, 2.05) is 6.92 Å². The van der Waals surface area contributed by atoms with Crippen molar-refractivity contribution in [2.24, 2.45) is 5.41 Å². The first-order valence-corrected chi connectivity index (χ1v) is 8.84. The Bertz CT molecular complexity index is 459. The van der Waals surface area contributed by atoms with Gasteiger partial charge in [-0.05, 0) is 19.3 Å². The molecule has 2 saturated heterocycles. The van der Waals surface area contributed by atoms with E-state index >= 15 is 0 Å². The van der Waals surface area contributed by atoms with Gasteiger partial charge in [-0.15, -0.1) is 0 Å². The lowest BCUT2D eigenvalue weighted by atomic mass is 9.88. The van der Waals surface area contributed by atoms with Gasteiger partial charge in [-0.3, -0.25) is 4.79 Å². The van der Waals surface area contributed by atoms with Crippen molar-refractivity contribution in [3.63, 3.8) is 0 Å². The van der Waals surface area contributed by atoms with Gasteiger partial charge in [0.1, 0.15) is 6.04 Å². The number of amides is 1. The van der Waals surface area contributed by atoms with Crippen molar-refractivity contribution in [3.8, 4) is 0 Å². The fourth-order valence-electron chi connectivity index (χ4n) is 2.68. The molecule has 2 fully saturated rings. The highest BCUT2D eigenvalue weighted by molar-refractivity contribution is 7.89. The van der Waals surface area contributed by atoms with E-state index in [9.17, 15) is 13.2 Å². The van der Waals surface area contributed by atoms with Gasteiger partial charge >= 0.3 is 0 Å². The Kier molecular flexibility index (Phi) is 4.71. The molecule has 1 unspecified atom stereocenters. The third-order valence-corrected chi connectivity index (χ3v) is 5.99. The number of hydrogen-bond donors (Lipinski definition) is 1. The standard InChI is InChI=1S/C13H24N2O4S/c1-3-7-20(17,18)15-6-4-5-11(15)12(16)14-8-13(2)9-19-10-13/h11H,3-10H2,1-2H3,(H,14,16). The molecule has 7 heteroatoms. The molecule has 0 aromatic heterocycles. The van der Waals surface area contributed by atoms with Crippen molar-refractivity contribution in [1.82, 2.24) is 9.62 Å². The maximum Gasteiger partial charge on any atom is 0.238 e. The minimum atomic E-state index is -3.30. The molecule has 2 rings (SSSR count). The first-order chi connectivity index (χ1) is 9.38. The van der Waals surface area contributed by atoms with E-state index in [2.05, 4.69) is 12.2 Å². The summed E-state index contributed by atoms with van der Waals surface area (Å²) in [5.74, 6) is -0.0576. The van der Waals surface area contributed by atoms with Gasteiger partial charge in [0.05, 0.1) is 19.0 Å². The lowest BCUT2D eigenvalue weighted by Crippen LogP contribution is -2.52. The molecule has 0 spiro atoms. The van der Waals surface area contributed by atoms with Gasteiger partial charge in [-0.2, -0.15) is 4.31 Å². The van der Waals surface area contributed by atoms with Crippen molar-refractivity contribution in [2.75, 3.05) is 32.1 Å². The van der Waals surface area contributed by atoms with Crippen molar-refractivity contribution in [2.45, 2.75) is 39.2 Å². The Hall–Kier alpha value is -0.660. The van der Waals surface area contributed by atoms with Crippen LogP contribution < -0.4 is 5.32 Å². The van der Waals surface area contributed by atoms with Gasteiger partial charge in [0, 0.05) is 18.5 Å². The average molecular weight is 304 g/mol. The number of carbonyl (C=O) groups is 1. The van der Waals surface area contributed by atoms with Crippen LogP contribution >= 0.6 is 0 Å². The Balaban J connectivity index is 1.94. The summed E-state index contributed by atoms with van der Waals surface area (Å²) in [6.07, 6.45) is 1.94. The van der Waals surface area contributed by atoms with Crippen LogP contribution in [0, 0.1) is 5.41 Å². The van der Waals surface area contributed by atoms with Crippen LogP contribution in [0.25, 0.3) is 0 Å². The Morgan fingerprint density at radius 1 is 1.45 bits per heavy atom. The van der Waals surface area contributed by atoms with Gasteiger partial charge in [0.2, 0.25) is 15.9 Å². The molecular formula is C13H24N2O4S. The second-order valence-electron chi connectivity index (χ2n) is 6.11. The van der Waals surface area contributed by atoms with Crippen LogP contribution in [-0.2, 0) is 19.6 Å². The zero-order chi connectivity index (χ0) is 14.8. The molecular weight excluding hydrogens is 280 g/mol. The third-order valence-electron chi connectivity index (χ3n) is 3.92. The first kappa shape index (κ1) is 15.7. The number of ether oxygens (including phenoxy) is 1. The SMILES string of the molecule is CCCS(=O)(=O)N1CCCC1C(=O)NCC1(C)COC1. The molecule has 0 bridgehead atoms. The molecule has 1 atom stereocenters. The highest BCUT2D eigenvalue weighted by atomic mass is 32.2. The number of rotatable bonds is 6. The third kappa shape index (κ3) is 3.32. The number of carbonyl (C=O) groups excluding carboxylic acids is 1. The summed E-state index contributed by atoms with van der Waals surface area (Å²) < 4.78 is 30.8. The quantitative estimate of drug-likeness (QED) is 0.768. The molecule has 0 saturated carbocycles. The molecule has 6 nitrogen and oxygen atoms in total. The molecule has 116 valence electrons. The lowest BCUT2D eigenvalue weighted by molar-refractivity contribution is -0.129. The minimum absolute atomic E-state index is 0.00138. The van der Waals surface area contributed by atoms with Gasteiger partial charge < -0.3 is 10.1 Å². The molecule has 2 heterocycles. The Morgan fingerprint density at radius 3 is 2.70 bits per heavy atom. The second-order valence-corrected chi connectivity index (χ2v) is 8.15. The van der Waals surface area contributed by atoms with Crippen molar-refractivity contribution in [1.29, 1.82) is 0 Å². The molecule has 1 amide bonds. The average Bonchev–Trinajstić information content (AvgIpc) is 2.83. The van der Waals surface area contributed by atoms with Crippen LogP contribution in [0.4, 0.5) is 0 Å². The van der Waals surface area contributed by atoms with Gasteiger partial charge in [-0.25, -0.2) is 8.42 Å². The highest BCUT2D eigenvalue weighted by Crippen LogP contribution is 2.26. The van der Waals surface area contributed by atoms with Gasteiger partial charge in [0.25, 0.3) is 0 Å². The highest BCUT2D eigenvalue weighted by Gasteiger charge is 2.39. The molecule has 0 radical (unpaired) electrons. The fourth-order valence-corrected chi connectivity index (χ4v) is 4.43. The number of nitrogens with one attached hydrogen (secondary N) is 1. The molecule has 1 N–H and O–H groups in total. The molecule has 0 aliphatic carbocycles. The smallest absolute Gasteiger partial charge is 0.238 e. The van der Waals surface area contributed by atoms with Crippen LogP contribution in [0.5, 0.6) is 0 Å². The summed E-state index contributed by atoms with van der Waals surface area (Å²) >= 11 is 0. The minimum Gasteiger partial charge on any atom is -0.380 e. The van der Waals surface area contributed by atoms with E-state index in [1.54, 1.807) is 0 Å². The second kappa shape index (κ2) is 5.99. The van der Waals surface area contributed by atoms with Crippen molar-refractivity contribution < 1.29 is 17.9 Å². The molecule has 2 aliphatic rings. The number of hydrogen-bond acceptors (Lipinski definition) is 4. The van der Waals surface area contributed by atoms with Crippen molar-refractivity contribution in [3.05, 3.63) is 0 Å². The summed E-state index contributed by atoms with van der Waals surface area (Å²) in [6, 6.07) is -0.531. The summed E-state index contributed by atoms with van der Waals surface area (Å²) in [6.45, 7) is 6.19. The summed E-state index contributed by atoms with van der Waals surface area (Å²) in [7, 11) is -3.30. The van der Waals surface area contributed by atoms with Crippen LogP contribution in [0.2, 0.25) is 0 Å². The summed E-state index contributed by atoms with van der Waals surface area (Å²) in [4.78, 5) is 12.2. The Labute approximate surface area is 120 Å². The summed E-state index contributed by atoms with van der Waals surface area (Å²) in [5.41, 5.74) is 0.00138. The van der Waals surface area contributed by atoms with Crippen LogP contribution in [-0.4, -0.2) is 56.7 Å². The number of sulfonamides is 1. The first-order valence-electron chi connectivity index (χ1n) is 7.23. The zero-order valence-corrected chi connectivity index (χ0v) is 13.0. The van der Waals surface area contributed by atoms with E-state index in [-0.39, 0.29) is 17.1 Å². The van der Waals surface area contributed by atoms with E-state index < -0.39 is 16.1 Å². The maximum absolute atomic E-state index is 12.2. The predicted octanol–water partition coefficient (Wildman–Crippen LogP) is 0.343. The molecule has 0 aromatic carbocycles. The van der Waals surface area contributed by atoms with E-state index in [0.717, 1.165) is 6.42 Å². The topological polar surface area (TPSA) is 75.7 Å². The largest absolute Gasteiger partial charge is 0.380 e. The van der Waals surface area contributed by atoms with Crippen LogP contribution in [0.1, 0.15) is 33.1 Å². The Morgan fingerprint density at radius 2 is 2.15 bits per heavy atom. The maximum atomic E-state index is 12.2. The predicted molar refractivity (Wildman–Crippen MR) is 75.7 cm³/mol. The molecule has 2 aliphatic heterocycles. The van der Waals surface area contributed by atoms with Crippen LogP contribution in [0.15, 0.2) is 0 Å². The number of nitrogens with zero attached hydrogens (tertiary/aromatic N) is 1. The van der Waals surface area contributed by atoms with Gasteiger partial charge in [-0.1, -0.05) is 13.8 Å². The van der Waals surface area contributed by atoms with Crippen LogP contribution in [0.3, 0.4) is 0 Å². The monoisotopic (exact) mass is 304 g/mol. The summed E-state index contributed by atoms with van der Waals surface area (Å²) in [5, 5.41) is 2.89. The zero-order valence-electron chi connectivity index (χ0n) is 12.2. The normalized spacial score (nSPS) is 26.2. The fraction of sp³-hybridized carbons (Fsp3) is 0.923. The van der Waals surface area contributed by atoms with Crippen molar-refractivity contribution >= 4 is 15.9 Å². The van der Waals surface area contributed by atoms with Gasteiger partial charge in [0.15, 0.2) is 0 Å². The van der Waals surface area contributed by atoms with E-state index in [4.69, 9.17) is 4.74 Å². The van der Waals surface area contributed by atoms with E-state index in [1.165, 1.54) is 4.31 Å². The lowest BCUT2D eigenvalue weighted by Gasteiger charge is -2.38. The molecule has 0 aromatic rings. The van der Waals surface area contributed by atoms with E-state index in [0.29, 0.717) is 39.1 Å². The molecule has 20 heavy (non-hydrogen) atoms.